The zero-order valence-corrected chi connectivity index (χ0v) is 38.9. The van der Waals surface area contributed by atoms with Crippen LogP contribution in [0.25, 0.3) is 0 Å². The van der Waals surface area contributed by atoms with Gasteiger partial charge in [0.1, 0.15) is 36.4 Å². The van der Waals surface area contributed by atoms with E-state index in [1.807, 2.05) is 6.92 Å². The van der Waals surface area contributed by atoms with Crippen molar-refractivity contribution in [3.8, 4) is 35.0 Å². The number of hydrogen-bond acceptors (Lipinski definition) is 16. The quantitative estimate of drug-likeness (QED) is 0.0790. The molecule has 0 N–H and O–H groups in total. The second-order valence-corrected chi connectivity index (χ2v) is 20.6. The zero-order valence-electron chi connectivity index (χ0n) is 37.3. The monoisotopic (exact) mass is 942 g/mol. The van der Waals surface area contributed by atoms with E-state index >= 15 is 0 Å². The van der Waals surface area contributed by atoms with Crippen molar-refractivity contribution in [2.24, 2.45) is 0 Å². The van der Waals surface area contributed by atoms with Gasteiger partial charge in [0, 0.05) is 51.5 Å². The molecule has 0 saturated carbocycles. The van der Waals surface area contributed by atoms with Crippen molar-refractivity contribution >= 4 is 31.2 Å². The number of aromatic nitrogens is 4. The topological polar surface area (TPSA) is 197 Å². The van der Waals surface area contributed by atoms with E-state index in [-0.39, 0.29) is 62.9 Å². The van der Waals surface area contributed by atoms with E-state index in [4.69, 9.17) is 18.9 Å². The third-order valence-corrected chi connectivity index (χ3v) is 13.7. The number of carbonyl (C=O) groups excluding carboxylic acids is 2. The van der Waals surface area contributed by atoms with Gasteiger partial charge in [-0.15, -0.1) is 0 Å². The lowest BCUT2D eigenvalue weighted by Gasteiger charge is -2.37. The van der Waals surface area contributed by atoms with Crippen LogP contribution in [0.2, 0.25) is 0 Å². The van der Waals surface area contributed by atoms with Crippen LogP contribution in [-0.2, 0) is 29.3 Å². The minimum Gasteiger partial charge on any atom is -0.474 e. The summed E-state index contributed by atoms with van der Waals surface area (Å²) in [5.41, 5.74) is 0.922. The summed E-state index contributed by atoms with van der Waals surface area (Å²) in [5, 5.41) is 0. The summed E-state index contributed by atoms with van der Waals surface area (Å²) in [6.07, 6.45) is 10.5. The third kappa shape index (κ3) is 13.5. The number of piperidine rings is 2. The first-order valence-corrected chi connectivity index (χ1v) is 25.5. The Bertz CT molecular complexity index is 2550. The smallest absolute Gasteiger partial charge is 0.229 e. The second-order valence-electron chi connectivity index (χ2n) is 16.6. The summed E-state index contributed by atoms with van der Waals surface area (Å²) in [6.45, 7) is 8.31. The molecule has 0 radical (unpaired) electrons. The molecular formula is C45H56F2N6O10S2. The lowest BCUT2D eigenvalue weighted by molar-refractivity contribution is -0.125. The van der Waals surface area contributed by atoms with Gasteiger partial charge in [0.05, 0.1) is 33.5 Å². The lowest BCUT2D eigenvalue weighted by atomic mass is 9.96. The Labute approximate surface area is 378 Å². The standard InChI is InChI=1S/C45H56F2N6O10S2/c1-6-9-39(55)38(53-22-18-33(19-23-53)61-43-30(3)45(51-28-49-43)63-41-15-13-35(25-37(41)47)65(5,58)59)11-8-7-10-31(54)26-52-20-16-32(17-21-52)60-42-29(2)44(50-27-48-42)62-40-14-12-34(24-36(40)46)64(4,56)57/h12-15,24-25,27-28,32-33,38H,6-11,16-23,26H2,1-5H3. The van der Waals surface area contributed by atoms with Gasteiger partial charge in [0.2, 0.25) is 23.5 Å². The number of nitrogens with zero attached hydrogens (tertiary/aromatic N) is 6. The molecule has 352 valence electrons. The van der Waals surface area contributed by atoms with Crippen molar-refractivity contribution in [3.63, 3.8) is 0 Å². The minimum atomic E-state index is -3.59. The number of sulfone groups is 2. The number of Topliss-reactive ketones (excluding diaryl/α,β-unsaturated/α-hetero) is 2. The van der Waals surface area contributed by atoms with E-state index in [2.05, 4.69) is 29.7 Å². The molecule has 2 saturated heterocycles. The summed E-state index contributed by atoms with van der Waals surface area (Å²) in [5.74, 6) is -0.966. The van der Waals surface area contributed by atoms with E-state index in [1.165, 1.54) is 36.9 Å². The lowest BCUT2D eigenvalue weighted by Crippen LogP contribution is -2.47. The van der Waals surface area contributed by atoms with Crippen molar-refractivity contribution in [2.45, 2.75) is 113 Å². The van der Waals surface area contributed by atoms with Crippen LogP contribution in [0.5, 0.6) is 35.0 Å². The molecule has 1 unspecified atom stereocenters. The van der Waals surface area contributed by atoms with Gasteiger partial charge in [-0.2, -0.15) is 0 Å². The molecule has 0 amide bonds. The van der Waals surface area contributed by atoms with Crippen molar-refractivity contribution < 1.29 is 54.2 Å². The maximum Gasteiger partial charge on any atom is 0.229 e. The van der Waals surface area contributed by atoms with Crippen molar-refractivity contribution in [3.05, 3.63) is 71.8 Å². The molecule has 2 aromatic heterocycles. The largest absolute Gasteiger partial charge is 0.474 e. The van der Waals surface area contributed by atoms with Crippen LogP contribution in [0.4, 0.5) is 8.78 Å². The fourth-order valence-electron chi connectivity index (χ4n) is 7.83. The predicted molar refractivity (Wildman–Crippen MR) is 235 cm³/mol. The van der Waals surface area contributed by atoms with E-state index in [0.29, 0.717) is 107 Å². The van der Waals surface area contributed by atoms with Crippen LogP contribution in [0.1, 0.15) is 82.3 Å². The van der Waals surface area contributed by atoms with Crippen LogP contribution in [-0.4, -0.2) is 122 Å². The molecule has 2 aromatic carbocycles. The van der Waals surface area contributed by atoms with Crippen LogP contribution in [0, 0.1) is 25.5 Å². The summed E-state index contributed by atoms with van der Waals surface area (Å²) >= 11 is 0. The van der Waals surface area contributed by atoms with Crippen molar-refractivity contribution in [2.75, 3.05) is 45.2 Å². The number of ether oxygens (including phenoxy) is 4. The van der Waals surface area contributed by atoms with Gasteiger partial charge in [-0.25, -0.2) is 45.6 Å². The SMILES string of the molecule is CCCC(=O)C(CCCCC(=O)CN1CCC(Oc2ncnc(Oc3ccc(S(C)(=O)=O)cc3F)c2C)CC1)N1CCC(Oc2ncnc(Oc3ccc(S(C)(=O)=O)cc3F)c2C)CC1. The molecule has 2 fully saturated rings. The Kier molecular flexibility index (Phi) is 16.6. The Hall–Kier alpha value is -5.18. The van der Waals surface area contributed by atoms with Crippen LogP contribution in [0.15, 0.2) is 58.8 Å². The average Bonchev–Trinajstić information content (AvgIpc) is 3.25. The van der Waals surface area contributed by atoms with Gasteiger partial charge in [0.15, 0.2) is 42.8 Å². The first kappa shape index (κ1) is 49.3. The first-order chi connectivity index (χ1) is 30.9. The Morgan fingerprint density at radius 2 is 1.15 bits per heavy atom. The van der Waals surface area contributed by atoms with Gasteiger partial charge in [-0.05, 0) is 95.2 Å². The molecule has 16 nitrogen and oxygen atoms in total. The minimum absolute atomic E-state index is 0.0789. The van der Waals surface area contributed by atoms with Crippen molar-refractivity contribution in [1.29, 1.82) is 0 Å². The molecule has 0 spiro atoms. The van der Waals surface area contributed by atoms with Crippen LogP contribution < -0.4 is 18.9 Å². The highest BCUT2D eigenvalue weighted by Crippen LogP contribution is 2.33. The first-order valence-electron chi connectivity index (χ1n) is 21.7. The third-order valence-electron chi connectivity index (χ3n) is 11.5. The molecule has 0 bridgehead atoms. The van der Waals surface area contributed by atoms with E-state index in [1.54, 1.807) is 13.8 Å². The van der Waals surface area contributed by atoms with Crippen molar-refractivity contribution in [1.82, 2.24) is 29.7 Å². The van der Waals surface area contributed by atoms with Crippen LogP contribution >= 0.6 is 0 Å². The van der Waals surface area contributed by atoms with E-state index < -0.39 is 31.3 Å². The highest BCUT2D eigenvalue weighted by molar-refractivity contribution is 7.91. The Balaban J connectivity index is 0.919. The molecule has 6 rings (SSSR count). The summed E-state index contributed by atoms with van der Waals surface area (Å²) in [7, 11) is -7.18. The normalized spacial score (nSPS) is 16.2. The molecule has 4 aromatic rings. The number of likely N-dealkylation sites (tertiary alicyclic amines) is 2. The Morgan fingerprint density at radius 1 is 0.692 bits per heavy atom. The van der Waals surface area contributed by atoms with Gasteiger partial charge in [-0.3, -0.25) is 19.4 Å². The number of ketones is 2. The summed E-state index contributed by atoms with van der Waals surface area (Å²) in [6, 6.07) is 6.55. The van der Waals surface area contributed by atoms with E-state index in [9.17, 15) is 35.2 Å². The maximum absolute atomic E-state index is 14.7. The molecule has 65 heavy (non-hydrogen) atoms. The number of benzene rings is 2. The van der Waals surface area contributed by atoms with Gasteiger partial charge >= 0.3 is 0 Å². The molecule has 0 aliphatic carbocycles. The van der Waals surface area contributed by atoms with Crippen LogP contribution in [0.3, 0.4) is 0 Å². The number of halogens is 2. The molecule has 2 aliphatic heterocycles. The molecule has 1 atom stereocenters. The highest BCUT2D eigenvalue weighted by atomic mass is 32.2. The fraction of sp³-hybridized carbons (Fsp3) is 0.511. The maximum atomic E-state index is 14.7. The molecular weight excluding hydrogens is 887 g/mol. The zero-order chi connectivity index (χ0) is 46.9. The fourth-order valence-corrected chi connectivity index (χ4v) is 9.10. The summed E-state index contributed by atoms with van der Waals surface area (Å²) < 4.78 is 100. The number of rotatable bonds is 21. The molecule has 20 heteroatoms. The Morgan fingerprint density at radius 3 is 1.60 bits per heavy atom. The summed E-state index contributed by atoms with van der Waals surface area (Å²) in [4.78, 5) is 47.2. The van der Waals surface area contributed by atoms with Gasteiger partial charge < -0.3 is 18.9 Å². The average molecular weight is 943 g/mol. The number of carbonyl (C=O) groups is 2. The highest BCUT2D eigenvalue weighted by Gasteiger charge is 2.31. The molecule has 4 heterocycles. The molecule has 2 aliphatic rings. The second kappa shape index (κ2) is 21.9. The van der Waals surface area contributed by atoms with Gasteiger partial charge in [-0.1, -0.05) is 13.3 Å². The van der Waals surface area contributed by atoms with Gasteiger partial charge in [0.25, 0.3) is 0 Å². The predicted octanol–water partition coefficient (Wildman–Crippen LogP) is 6.81. The number of hydrogen-bond donors (Lipinski definition) is 0. The van der Waals surface area contributed by atoms with E-state index in [0.717, 1.165) is 37.5 Å². The number of unbranched alkanes of at least 4 members (excludes halogenated alkanes) is 1.